The van der Waals surface area contributed by atoms with Gasteiger partial charge in [-0.25, -0.2) is 0 Å². The molecule has 2 amide bonds. The summed E-state index contributed by atoms with van der Waals surface area (Å²) in [7, 11) is 0. The van der Waals surface area contributed by atoms with Crippen LogP contribution in [0, 0.1) is 18.3 Å². The molecule has 0 spiro atoms. The number of nitrogens with one attached hydrogen (secondary N) is 2. The third kappa shape index (κ3) is 4.78. The largest absolute Gasteiger partial charge is 0.325 e. The Kier molecular flexibility index (Phi) is 5.94. The Hall–Kier alpha value is -3.04. The molecule has 2 N–H and O–H groups in total. The van der Waals surface area contributed by atoms with Crippen LogP contribution in [0.25, 0.3) is 0 Å². The Balaban J connectivity index is 1.75. The molecule has 1 aliphatic rings. The summed E-state index contributed by atoms with van der Waals surface area (Å²) in [5.41, 5.74) is 3.26. The fraction of sp³-hybridized carbons (Fsp3) is 0.190. The van der Waals surface area contributed by atoms with Crippen LogP contribution in [-0.4, -0.2) is 17.6 Å². The van der Waals surface area contributed by atoms with Gasteiger partial charge in [-0.05, 0) is 24.6 Å². The lowest BCUT2D eigenvalue weighted by molar-refractivity contribution is -0.121. The maximum atomic E-state index is 12.2. The van der Waals surface area contributed by atoms with Crippen molar-refractivity contribution in [1.82, 2.24) is 5.32 Å². The second-order valence-corrected chi connectivity index (χ2v) is 7.26. The van der Waals surface area contributed by atoms with Gasteiger partial charge in [0.25, 0.3) is 0 Å². The second-order valence-electron chi connectivity index (χ2n) is 6.27. The number of carbonyl (C=O) groups excluding carboxylic acids is 2. The predicted octanol–water partition coefficient (Wildman–Crippen LogP) is 3.71. The summed E-state index contributed by atoms with van der Waals surface area (Å²) in [6, 6.07) is 19.2. The van der Waals surface area contributed by atoms with E-state index in [2.05, 4.69) is 16.7 Å². The standard InChI is InChI=1S/C21H19N3O2S/c1-14-7-9-15(10-8-14)17-11-19(25)24-21(18(17)12-22)27-13-20(26)23-16-5-3-2-4-6-16/h2-10,17H,11,13H2,1H3,(H,23,26)(H,24,25)/t17-/m0/s1. The monoisotopic (exact) mass is 377 g/mol. The number of amides is 2. The number of hydrogen-bond donors (Lipinski definition) is 2. The number of anilines is 1. The zero-order chi connectivity index (χ0) is 19.2. The average Bonchev–Trinajstić information content (AvgIpc) is 2.67. The summed E-state index contributed by atoms with van der Waals surface area (Å²) in [6.07, 6.45) is 0.228. The highest BCUT2D eigenvalue weighted by Gasteiger charge is 2.29. The molecule has 0 saturated carbocycles. The van der Waals surface area contributed by atoms with E-state index < -0.39 is 0 Å². The summed E-state index contributed by atoms with van der Waals surface area (Å²) < 4.78 is 0. The lowest BCUT2D eigenvalue weighted by Crippen LogP contribution is -2.31. The molecule has 0 aromatic heterocycles. The van der Waals surface area contributed by atoms with Crippen LogP contribution in [0.5, 0.6) is 0 Å². The highest BCUT2D eigenvalue weighted by atomic mass is 32.2. The molecular weight excluding hydrogens is 358 g/mol. The van der Waals surface area contributed by atoms with Gasteiger partial charge in [0.2, 0.25) is 11.8 Å². The first kappa shape index (κ1) is 18.7. The average molecular weight is 377 g/mol. The maximum Gasteiger partial charge on any atom is 0.234 e. The van der Waals surface area contributed by atoms with Crippen molar-refractivity contribution < 1.29 is 9.59 Å². The molecule has 2 aromatic carbocycles. The van der Waals surface area contributed by atoms with Crippen LogP contribution < -0.4 is 10.6 Å². The summed E-state index contributed by atoms with van der Waals surface area (Å²) in [6.45, 7) is 1.99. The highest BCUT2D eigenvalue weighted by molar-refractivity contribution is 8.03. The van der Waals surface area contributed by atoms with Gasteiger partial charge in [-0.1, -0.05) is 59.8 Å². The molecule has 0 bridgehead atoms. The van der Waals surface area contributed by atoms with Crippen LogP contribution in [0.3, 0.4) is 0 Å². The molecule has 1 heterocycles. The van der Waals surface area contributed by atoms with Crippen molar-refractivity contribution in [2.75, 3.05) is 11.1 Å². The Bertz CT molecular complexity index is 915. The quantitative estimate of drug-likeness (QED) is 0.832. The van der Waals surface area contributed by atoms with E-state index in [0.717, 1.165) is 11.1 Å². The lowest BCUT2D eigenvalue weighted by Gasteiger charge is -2.25. The Morgan fingerprint density at radius 2 is 1.93 bits per heavy atom. The number of allylic oxidation sites excluding steroid dienone is 1. The van der Waals surface area contributed by atoms with Crippen LogP contribution >= 0.6 is 11.8 Å². The molecule has 2 aromatic rings. The molecule has 0 fully saturated rings. The molecule has 0 unspecified atom stereocenters. The van der Waals surface area contributed by atoms with E-state index >= 15 is 0 Å². The number of rotatable bonds is 5. The molecular formula is C21H19N3O2S. The van der Waals surface area contributed by atoms with Crippen LogP contribution in [0.1, 0.15) is 23.5 Å². The molecule has 5 nitrogen and oxygen atoms in total. The highest BCUT2D eigenvalue weighted by Crippen LogP contribution is 2.35. The number of nitriles is 1. The minimum atomic E-state index is -0.288. The molecule has 3 rings (SSSR count). The van der Waals surface area contributed by atoms with Gasteiger partial charge in [-0.3, -0.25) is 9.59 Å². The van der Waals surface area contributed by atoms with E-state index in [1.807, 2.05) is 49.4 Å². The van der Waals surface area contributed by atoms with Crippen molar-refractivity contribution >= 4 is 29.3 Å². The predicted molar refractivity (Wildman–Crippen MR) is 107 cm³/mol. The van der Waals surface area contributed by atoms with Gasteiger partial charge in [0.05, 0.1) is 22.4 Å². The summed E-state index contributed by atoms with van der Waals surface area (Å²) in [4.78, 5) is 24.3. The Morgan fingerprint density at radius 1 is 1.22 bits per heavy atom. The summed E-state index contributed by atoms with van der Waals surface area (Å²) >= 11 is 1.18. The van der Waals surface area contributed by atoms with Crippen molar-refractivity contribution in [3.05, 3.63) is 76.3 Å². The number of nitrogens with zero attached hydrogens (tertiary/aromatic N) is 1. The van der Waals surface area contributed by atoms with E-state index in [9.17, 15) is 14.9 Å². The molecule has 1 atom stereocenters. The molecule has 136 valence electrons. The van der Waals surface area contributed by atoms with Crippen molar-refractivity contribution in [3.8, 4) is 6.07 Å². The fourth-order valence-corrected chi connectivity index (χ4v) is 3.75. The van der Waals surface area contributed by atoms with Crippen LogP contribution in [0.4, 0.5) is 5.69 Å². The molecule has 0 radical (unpaired) electrons. The number of hydrogen-bond acceptors (Lipinski definition) is 4. The second kappa shape index (κ2) is 8.56. The Labute approximate surface area is 162 Å². The van der Waals surface area contributed by atoms with Gasteiger partial charge in [0.1, 0.15) is 0 Å². The van der Waals surface area contributed by atoms with Crippen molar-refractivity contribution in [2.45, 2.75) is 19.3 Å². The lowest BCUT2D eigenvalue weighted by atomic mass is 9.87. The van der Waals surface area contributed by atoms with E-state index in [-0.39, 0.29) is 29.9 Å². The molecule has 0 aliphatic carbocycles. The summed E-state index contributed by atoms with van der Waals surface area (Å²) in [5.74, 6) is -0.520. The van der Waals surface area contributed by atoms with Gasteiger partial charge in [-0.15, -0.1) is 0 Å². The molecule has 1 aliphatic heterocycles. The maximum absolute atomic E-state index is 12.2. The number of para-hydroxylation sites is 1. The van der Waals surface area contributed by atoms with E-state index in [4.69, 9.17) is 0 Å². The molecule has 6 heteroatoms. The fourth-order valence-electron chi connectivity index (χ4n) is 2.87. The van der Waals surface area contributed by atoms with Crippen molar-refractivity contribution in [3.63, 3.8) is 0 Å². The first-order valence-corrected chi connectivity index (χ1v) is 9.54. The van der Waals surface area contributed by atoms with Gasteiger partial charge in [0, 0.05) is 18.0 Å². The van der Waals surface area contributed by atoms with Crippen LogP contribution in [0.2, 0.25) is 0 Å². The zero-order valence-corrected chi connectivity index (χ0v) is 15.7. The number of thioether (sulfide) groups is 1. The minimum Gasteiger partial charge on any atom is -0.325 e. The smallest absolute Gasteiger partial charge is 0.234 e. The summed E-state index contributed by atoms with van der Waals surface area (Å²) in [5, 5.41) is 15.7. The van der Waals surface area contributed by atoms with Crippen LogP contribution in [-0.2, 0) is 9.59 Å². The van der Waals surface area contributed by atoms with E-state index in [1.54, 1.807) is 12.1 Å². The normalized spacial score (nSPS) is 16.4. The van der Waals surface area contributed by atoms with Gasteiger partial charge < -0.3 is 10.6 Å². The van der Waals surface area contributed by atoms with Crippen molar-refractivity contribution in [1.29, 1.82) is 5.26 Å². The molecule has 0 saturated heterocycles. The van der Waals surface area contributed by atoms with Gasteiger partial charge >= 0.3 is 0 Å². The topological polar surface area (TPSA) is 82.0 Å². The minimum absolute atomic E-state index is 0.107. The SMILES string of the molecule is Cc1ccc([C@@H]2CC(=O)NC(SCC(=O)Nc3ccccc3)=C2C#N)cc1. The first-order chi connectivity index (χ1) is 13.1. The molecule has 27 heavy (non-hydrogen) atoms. The number of carbonyl (C=O) groups is 2. The van der Waals surface area contributed by atoms with Gasteiger partial charge in [0.15, 0.2) is 0 Å². The van der Waals surface area contributed by atoms with E-state index in [0.29, 0.717) is 16.3 Å². The van der Waals surface area contributed by atoms with E-state index in [1.165, 1.54) is 11.8 Å². The third-order valence-corrected chi connectivity index (χ3v) is 5.26. The van der Waals surface area contributed by atoms with Crippen molar-refractivity contribution in [2.24, 2.45) is 0 Å². The van der Waals surface area contributed by atoms with Gasteiger partial charge in [-0.2, -0.15) is 5.26 Å². The first-order valence-electron chi connectivity index (χ1n) is 8.55. The number of aryl methyl sites for hydroxylation is 1. The zero-order valence-electron chi connectivity index (χ0n) is 14.9. The third-order valence-electron chi connectivity index (χ3n) is 4.24. The van der Waals surface area contributed by atoms with Crippen LogP contribution in [0.15, 0.2) is 65.2 Å². The number of benzene rings is 2. The Morgan fingerprint density at radius 3 is 2.59 bits per heavy atom.